The second-order valence-electron chi connectivity index (χ2n) is 6.21. The Labute approximate surface area is 144 Å². The van der Waals surface area contributed by atoms with Crippen molar-refractivity contribution in [3.8, 4) is 5.75 Å². The van der Waals surface area contributed by atoms with Crippen LogP contribution in [-0.2, 0) is 0 Å². The average molecular weight is 323 g/mol. The van der Waals surface area contributed by atoms with Crippen molar-refractivity contribution >= 4 is 17.6 Å². The van der Waals surface area contributed by atoms with Gasteiger partial charge in [-0.1, -0.05) is 19.1 Å². The number of aliphatic imine (C=N–C) groups is 1. The Balaban J connectivity index is 1.66. The van der Waals surface area contributed by atoms with E-state index in [4.69, 9.17) is 0 Å². The fourth-order valence-corrected chi connectivity index (χ4v) is 3.00. The molecule has 1 aliphatic heterocycles. The second-order valence-corrected chi connectivity index (χ2v) is 6.21. The lowest BCUT2D eigenvalue weighted by atomic mass is 10.1. The number of anilines is 1. The fourth-order valence-electron chi connectivity index (χ4n) is 3.00. The van der Waals surface area contributed by atoms with Crippen LogP contribution >= 0.6 is 0 Å². The number of nitrogens with zero attached hydrogens (tertiary/aromatic N) is 3. The predicted octanol–water partition coefficient (Wildman–Crippen LogP) is 3.59. The number of aryl methyl sites for hydroxylation is 1. The smallest absolute Gasteiger partial charge is 0.127 e. The van der Waals surface area contributed by atoms with Crippen LogP contribution in [0.25, 0.3) is 0 Å². The molecule has 0 radical (unpaired) electrons. The van der Waals surface area contributed by atoms with Crippen LogP contribution in [0.1, 0.15) is 18.1 Å². The molecule has 0 bridgehead atoms. The maximum atomic E-state index is 10.0. The first-order valence-corrected chi connectivity index (χ1v) is 8.57. The van der Waals surface area contributed by atoms with Gasteiger partial charge in [-0.25, -0.2) is 0 Å². The van der Waals surface area contributed by atoms with E-state index in [-0.39, 0.29) is 0 Å². The molecule has 0 unspecified atom stereocenters. The molecule has 0 amide bonds. The van der Waals surface area contributed by atoms with Crippen LogP contribution in [0.5, 0.6) is 5.75 Å². The van der Waals surface area contributed by atoms with Gasteiger partial charge in [-0.3, -0.25) is 4.99 Å². The van der Waals surface area contributed by atoms with E-state index in [2.05, 4.69) is 33.8 Å². The molecular weight excluding hydrogens is 298 g/mol. The molecular formula is C20H25N3O. The number of phenols is 1. The molecule has 1 aliphatic rings. The SMILES string of the molecule is CCN1CCN(c2ccc(N=Cc3cccc(C)c3O)cc2)CC1. The van der Waals surface area contributed by atoms with Crippen molar-refractivity contribution < 1.29 is 5.11 Å². The number of phenolic OH excluding ortho intramolecular Hbond substituents is 1. The summed E-state index contributed by atoms with van der Waals surface area (Å²) in [5.41, 5.74) is 3.75. The van der Waals surface area contributed by atoms with Crippen molar-refractivity contribution in [1.82, 2.24) is 4.90 Å². The Bertz CT molecular complexity index is 701. The molecule has 0 atom stereocenters. The molecule has 2 aromatic rings. The highest BCUT2D eigenvalue weighted by Gasteiger charge is 2.15. The van der Waals surface area contributed by atoms with Crippen molar-refractivity contribution in [2.75, 3.05) is 37.6 Å². The molecule has 4 nitrogen and oxygen atoms in total. The monoisotopic (exact) mass is 323 g/mol. The number of hydrogen-bond donors (Lipinski definition) is 1. The van der Waals surface area contributed by atoms with Crippen molar-refractivity contribution in [2.24, 2.45) is 4.99 Å². The van der Waals surface area contributed by atoms with E-state index in [1.165, 1.54) is 5.69 Å². The lowest BCUT2D eigenvalue weighted by Gasteiger charge is -2.35. The summed E-state index contributed by atoms with van der Waals surface area (Å²) in [6.07, 6.45) is 1.72. The van der Waals surface area contributed by atoms with E-state index in [9.17, 15) is 5.11 Å². The van der Waals surface area contributed by atoms with Crippen LogP contribution in [-0.4, -0.2) is 48.9 Å². The molecule has 0 aromatic heterocycles. The molecule has 2 aromatic carbocycles. The highest BCUT2D eigenvalue weighted by molar-refractivity contribution is 5.86. The van der Waals surface area contributed by atoms with Gasteiger partial charge >= 0.3 is 0 Å². The summed E-state index contributed by atoms with van der Waals surface area (Å²) in [4.78, 5) is 9.38. The topological polar surface area (TPSA) is 39.1 Å². The molecule has 1 saturated heterocycles. The first-order valence-electron chi connectivity index (χ1n) is 8.57. The van der Waals surface area contributed by atoms with Gasteiger partial charge in [0.1, 0.15) is 5.75 Å². The van der Waals surface area contributed by atoms with Crippen LogP contribution in [0.4, 0.5) is 11.4 Å². The van der Waals surface area contributed by atoms with E-state index in [1.54, 1.807) is 6.21 Å². The maximum Gasteiger partial charge on any atom is 0.127 e. The number of hydrogen-bond acceptors (Lipinski definition) is 4. The normalized spacial score (nSPS) is 16.0. The highest BCUT2D eigenvalue weighted by Crippen LogP contribution is 2.23. The Morgan fingerprint density at radius 2 is 1.75 bits per heavy atom. The molecule has 126 valence electrons. The first kappa shape index (κ1) is 16.5. The van der Waals surface area contributed by atoms with Crippen molar-refractivity contribution in [2.45, 2.75) is 13.8 Å². The maximum absolute atomic E-state index is 10.0. The lowest BCUT2D eigenvalue weighted by Crippen LogP contribution is -2.46. The number of aromatic hydroxyl groups is 1. The molecule has 0 aliphatic carbocycles. The van der Waals surface area contributed by atoms with Gasteiger partial charge in [0.15, 0.2) is 0 Å². The largest absolute Gasteiger partial charge is 0.507 e. The number of rotatable bonds is 4. The summed E-state index contributed by atoms with van der Waals surface area (Å²) in [5, 5.41) is 10.0. The van der Waals surface area contributed by atoms with Gasteiger partial charge in [-0.05, 0) is 49.4 Å². The second kappa shape index (κ2) is 7.49. The Hall–Kier alpha value is -2.33. The van der Waals surface area contributed by atoms with E-state index in [0.29, 0.717) is 5.75 Å². The molecule has 1 N–H and O–H groups in total. The average Bonchev–Trinajstić information content (AvgIpc) is 2.63. The quantitative estimate of drug-likeness (QED) is 0.874. The summed E-state index contributed by atoms with van der Waals surface area (Å²) >= 11 is 0. The van der Waals surface area contributed by atoms with Gasteiger partial charge in [-0.15, -0.1) is 0 Å². The number of piperazine rings is 1. The third-order valence-corrected chi connectivity index (χ3v) is 4.66. The molecule has 4 heteroatoms. The molecule has 3 rings (SSSR count). The van der Waals surface area contributed by atoms with Gasteiger partial charge in [0.2, 0.25) is 0 Å². The van der Waals surface area contributed by atoms with Crippen LogP contribution in [0.15, 0.2) is 47.5 Å². The predicted molar refractivity (Wildman–Crippen MR) is 101 cm³/mol. The Kier molecular flexibility index (Phi) is 5.16. The molecule has 1 heterocycles. The van der Waals surface area contributed by atoms with Crippen LogP contribution in [0.2, 0.25) is 0 Å². The van der Waals surface area contributed by atoms with Gasteiger partial charge in [0.05, 0.1) is 5.69 Å². The van der Waals surface area contributed by atoms with Crippen LogP contribution < -0.4 is 4.90 Å². The van der Waals surface area contributed by atoms with Crippen LogP contribution in [0, 0.1) is 6.92 Å². The summed E-state index contributed by atoms with van der Waals surface area (Å²) < 4.78 is 0. The molecule has 24 heavy (non-hydrogen) atoms. The van der Waals surface area contributed by atoms with E-state index in [1.807, 2.05) is 37.3 Å². The molecule has 1 fully saturated rings. The van der Waals surface area contributed by atoms with Gasteiger partial charge in [-0.2, -0.15) is 0 Å². The van der Waals surface area contributed by atoms with Crippen LogP contribution in [0.3, 0.4) is 0 Å². The minimum Gasteiger partial charge on any atom is -0.507 e. The summed E-state index contributed by atoms with van der Waals surface area (Å²) in [7, 11) is 0. The number of para-hydroxylation sites is 1. The standard InChI is InChI=1S/C20H25N3O/c1-3-22-11-13-23(14-12-22)19-9-7-18(8-10-19)21-15-17-6-4-5-16(2)20(17)24/h4-10,15,24H,3,11-14H2,1-2H3. The van der Waals surface area contributed by atoms with Crippen molar-refractivity contribution in [3.05, 3.63) is 53.6 Å². The molecule has 0 spiro atoms. The van der Waals surface area contributed by atoms with E-state index in [0.717, 1.165) is 49.5 Å². The van der Waals surface area contributed by atoms with Gasteiger partial charge < -0.3 is 14.9 Å². The summed E-state index contributed by atoms with van der Waals surface area (Å²) in [5.74, 6) is 0.298. The minimum atomic E-state index is 0.298. The van der Waals surface area contributed by atoms with E-state index < -0.39 is 0 Å². The fraction of sp³-hybridized carbons (Fsp3) is 0.350. The summed E-state index contributed by atoms with van der Waals surface area (Å²) in [6, 6.07) is 14.0. The zero-order valence-electron chi connectivity index (χ0n) is 14.4. The Morgan fingerprint density at radius 1 is 1.04 bits per heavy atom. The van der Waals surface area contributed by atoms with Gasteiger partial charge in [0, 0.05) is 43.6 Å². The minimum absolute atomic E-state index is 0.298. The third-order valence-electron chi connectivity index (χ3n) is 4.66. The van der Waals surface area contributed by atoms with Crippen molar-refractivity contribution in [3.63, 3.8) is 0 Å². The Morgan fingerprint density at radius 3 is 2.42 bits per heavy atom. The first-order chi connectivity index (χ1) is 11.7. The van der Waals surface area contributed by atoms with Gasteiger partial charge in [0.25, 0.3) is 0 Å². The third kappa shape index (κ3) is 3.77. The lowest BCUT2D eigenvalue weighted by molar-refractivity contribution is 0.271. The highest BCUT2D eigenvalue weighted by atomic mass is 16.3. The van der Waals surface area contributed by atoms with E-state index >= 15 is 0 Å². The van der Waals surface area contributed by atoms with Crippen molar-refractivity contribution in [1.29, 1.82) is 0 Å². The molecule has 0 saturated carbocycles. The zero-order chi connectivity index (χ0) is 16.9. The zero-order valence-corrected chi connectivity index (χ0v) is 14.4. The number of benzene rings is 2. The number of likely N-dealkylation sites (N-methyl/N-ethyl adjacent to an activating group) is 1. The summed E-state index contributed by atoms with van der Waals surface area (Å²) in [6.45, 7) is 9.65.